The molecule has 0 saturated carbocycles. The number of phosphoric acid groups is 2. The van der Waals surface area contributed by atoms with Gasteiger partial charge in [-0.05, 0) is 31.6 Å². The third kappa shape index (κ3) is 64.6. The first-order valence-electron chi connectivity index (χ1n) is 36.6. The fourth-order valence-corrected chi connectivity index (χ4v) is 12.2. The monoisotopic (exact) mass is 1310 g/mol. The SMILES string of the molecule is CCCCCCCCCCCCCCC(=O)OC[C@H](COP(=O)(O)OC[C@@H](O)COP(=O)(O)OC[C@@H](COC(=O)CCCCCCCCCC)OC(=O)CCCCCCCCCCCC)OC(=O)CCCCCCCCCCCCCCCCCCC(C)C. The molecular formula is C70H136O17P2. The maximum absolute atomic E-state index is 13.0. The van der Waals surface area contributed by atoms with Gasteiger partial charge in [0.1, 0.15) is 19.3 Å². The van der Waals surface area contributed by atoms with Gasteiger partial charge in [-0.25, -0.2) is 9.13 Å². The van der Waals surface area contributed by atoms with Gasteiger partial charge < -0.3 is 33.8 Å². The minimum Gasteiger partial charge on any atom is -0.462 e. The molecule has 0 spiro atoms. The number of esters is 4. The number of hydrogen-bond donors (Lipinski definition) is 3. The van der Waals surface area contributed by atoms with Crippen LogP contribution in [-0.2, 0) is 65.4 Å². The first-order valence-corrected chi connectivity index (χ1v) is 39.6. The standard InChI is InChI=1S/C70H136O17P2/c1-6-9-12-15-18-21-23-31-35-39-44-49-54-68(73)81-60-66(87-70(75)56-51-46-41-36-32-29-27-25-24-26-28-30-33-37-42-47-52-63(4)5)62-85-89(78,79)83-58-64(71)57-82-88(76,77)84-61-65(59-80-67(72)53-48-43-38-20-17-14-11-8-3)86-69(74)55-50-45-40-34-22-19-16-13-10-7-2/h63-66,71H,6-62H2,1-5H3,(H,76,77)(H,78,79)/t64-,65+,66+/m0/s1. The molecule has 0 aromatic carbocycles. The number of hydrogen-bond acceptors (Lipinski definition) is 15. The van der Waals surface area contributed by atoms with Gasteiger partial charge in [0, 0.05) is 25.7 Å². The van der Waals surface area contributed by atoms with Gasteiger partial charge in [-0.1, -0.05) is 311 Å². The Balaban J connectivity index is 5.18. The van der Waals surface area contributed by atoms with E-state index in [2.05, 4.69) is 34.6 Å². The third-order valence-corrected chi connectivity index (χ3v) is 18.2. The number of ether oxygens (including phenoxy) is 4. The summed E-state index contributed by atoms with van der Waals surface area (Å²) in [5.41, 5.74) is 0. The Labute approximate surface area is 543 Å². The van der Waals surface area contributed by atoms with E-state index in [0.717, 1.165) is 102 Å². The Hall–Kier alpha value is -1.94. The Morgan fingerprint density at radius 2 is 0.517 bits per heavy atom. The van der Waals surface area contributed by atoms with Crippen molar-refractivity contribution < 1.29 is 80.2 Å². The largest absolute Gasteiger partial charge is 0.472 e. The molecule has 0 aliphatic carbocycles. The molecule has 0 aliphatic heterocycles. The van der Waals surface area contributed by atoms with Crippen molar-refractivity contribution in [3.63, 3.8) is 0 Å². The second kappa shape index (κ2) is 63.5. The molecule has 0 saturated heterocycles. The molecule has 0 aliphatic rings. The number of rotatable bonds is 70. The van der Waals surface area contributed by atoms with E-state index in [0.29, 0.717) is 25.7 Å². The average molecular weight is 1310 g/mol. The molecule has 5 atom stereocenters. The van der Waals surface area contributed by atoms with E-state index in [1.165, 1.54) is 180 Å². The molecule has 2 unspecified atom stereocenters. The zero-order valence-electron chi connectivity index (χ0n) is 57.6. The molecule has 0 heterocycles. The molecule has 0 bridgehead atoms. The van der Waals surface area contributed by atoms with E-state index >= 15 is 0 Å². The smallest absolute Gasteiger partial charge is 0.462 e. The highest BCUT2D eigenvalue weighted by molar-refractivity contribution is 7.47. The summed E-state index contributed by atoms with van der Waals surface area (Å²) in [6.45, 7) is 7.24. The van der Waals surface area contributed by atoms with Crippen LogP contribution in [0, 0.1) is 5.92 Å². The van der Waals surface area contributed by atoms with Crippen LogP contribution in [-0.4, -0.2) is 96.7 Å². The zero-order valence-corrected chi connectivity index (χ0v) is 59.4. The van der Waals surface area contributed by atoms with Crippen LogP contribution in [0.2, 0.25) is 0 Å². The van der Waals surface area contributed by atoms with E-state index in [1.807, 2.05) is 0 Å². The van der Waals surface area contributed by atoms with Crippen LogP contribution >= 0.6 is 15.6 Å². The predicted octanol–water partition coefficient (Wildman–Crippen LogP) is 20.1. The maximum atomic E-state index is 13.0. The predicted molar refractivity (Wildman–Crippen MR) is 358 cm³/mol. The summed E-state index contributed by atoms with van der Waals surface area (Å²) in [5.74, 6) is -1.32. The molecule has 19 heteroatoms. The van der Waals surface area contributed by atoms with Crippen molar-refractivity contribution in [1.82, 2.24) is 0 Å². The molecule has 0 amide bonds. The van der Waals surface area contributed by atoms with Crippen molar-refractivity contribution in [1.29, 1.82) is 0 Å². The number of phosphoric ester groups is 2. The lowest BCUT2D eigenvalue weighted by molar-refractivity contribution is -0.161. The van der Waals surface area contributed by atoms with Crippen LogP contribution in [0.5, 0.6) is 0 Å². The molecule has 0 aromatic heterocycles. The van der Waals surface area contributed by atoms with Gasteiger partial charge in [0.15, 0.2) is 12.2 Å². The first kappa shape index (κ1) is 87.1. The first-order chi connectivity index (χ1) is 43.0. The summed E-state index contributed by atoms with van der Waals surface area (Å²) in [5, 5.41) is 10.6. The van der Waals surface area contributed by atoms with Crippen molar-refractivity contribution in [2.75, 3.05) is 39.6 Å². The topological polar surface area (TPSA) is 237 Å². The summed E-state index contributed by atoms with van der Waals surface area (Å²) < 4.78 is 68.2. The number of carbonyl (C=O) groups is 4. The second-order valence-electron chi connectivity index (χ2n) is 25.7. The highest BCUT2D eigenvalue weighted by atomic mass is 31.2. The van der Waals surface area contributed by atoms with E-state index in [4.69, 9.17) is 37.0 Å². The van der Waals surface area contributed by atoms with E-state index in [9.17, 15) is 43.2 Å². The summed E-state index contributed by atoms with van der Waals surface area (Å²) in [6, 6.07) is 0. The Morgan fingerprint density at radius 3 is 0.764 bits per heavy atom. The average Bonchev–Trinajstić information content (AvgIpc) is 3.71. The van der Waals surface area contributed by atoms with Gasteiger partial charge in [0.25, 0.3) is 0 Å². The van der Waals surface area contributed by atoms with Gasteiger partial charge in [-0.15, -0.1) is 0 Å². The summed E-state index contributed by atoms with van der Waals surface area (Å²) in [6.07, 6.45) is 50.0. The van der Waals surface area contributed by atoms with E-state index in [-0.39, 0.29) is 25.7 Å². The maximum Gasteiger partial charge on any atom is 0.472 e. The van der Waals surface area contributed by atoms with Crippen molar-refractivity contribution >= 4 is 39.5 Å². The van der Waals surface area contributed by atoms with Crippen molar-refractivity contribution in [3.8, 4) is 0 Å². The highest BCUT2D eigenvalue weighted by Gasteiger charge is 2.30. The quantitative estimate of drug-likeness (QED) is 0.0222. The molecule has 0 aromatic rings. The van der Waals surface area contributed by atoms with Crippen LogP contribution < -0.4 is 0 Å². The summed E-state index contributed by atoms with van der Waals surface area (Å²) >= 11 is 0. The van der Waals surface area contributed by atoms with E-state index in [1.54, 1.807) is 0 Å². The number of aliphatic hydroxyl groups is 1. The summed E-state index contributed by atoms with van der Waals surface area (Å²) in [4.78, 5) is 72.4. The lowest BCUT2D eigenvalue weighted by Crippen LogP contribution is -2.30. The van der Waals surface area contributed by atoms with Crippen LogP contribution in [0.4, 0.5) is 0 Å². The lowest BCUT2D eigenvalue weighted by Gasteiger charge is -2.21. The molecule has 3 N–H and O–H groups in total. The van der Waals surface area contributed by atoms with Crippen LogP contribution in [0.3, 0.4) is 0 Å². The van der Waals surface area contributed by atoms with Crippen LogP contribution in [0.25, 0.3) is 0 Å². The molecule has 0 rings (SSSR count). The van der Waals surface area contributed by atoms with Crippen molar-refractivity contribution in [3.05, 3.63) is 0 Å². The fraction of sp³-hybridized carbons (Fsp3) is 0.943. The number of unbranched alkanes of at least 4 members (excludes halogenated alkanes) is 42. The minimum absolute atomic E-state index is 0.106. The highest BCUT2D eigenvalue weighted by Crippen LogP contribution is 2.45. The summed E-state index contributed by atoms with van der Waals surface area (Å²) in [7, 11) is -9.89. The van der Waals surface area contributed by atoms with E-state index < -0.39 is 97.5 Å². The molecule has 89 heavy (non-hydrogen) atoms. The van der Waals surface area contributed by atoms with Crippen molar-refractivity contribution in [2.24, 2.45) is 5.92 Å². The Morgan fingerprint density at radius 1 is 0.303 bits per heavy atom. The van der Waals surface area contributed by atoms with Crippen molar-refractivity contribution in [2.45, 2.75) is 380 Å². The number of aliphatic hydroxyl groups excluding tert-OH is 1. The number of carbonyl (C=O) groups excluding carboxylic acids is 4. The van der Waals surface area contributed by atoms with Gasteiger partial charge in [0.05, 0.1) is 26.4 Å². The molecular weight excluding hydrogens is 1170 g/mol. The Bertz CT molecular complexity index is 1720. The van der Waals surface area contributed by atoms with Gasteiger partial charge in [-0.3, -0.25) is 37.3 Å². The normalized spacial score (nSPS) is 14.1. The fourth-order valence-electron chi connectivity index (χ4n) is 10.6. The molecule has 17 nitrogen and oxygen atoms in total. The van der Waals surface area contributed by atoms with Crippen LogP contribution in [0.15, 0.2) is 0 Å². The molecule has 0 fully saturated rings. The second-order valence-corrected chi connectivity index (χ2v) is 28.7. The third-order valence-electron chi connectivity index (χ3n) is 16.3. The Kier molecular flexibility index (Phi) is 62.1. The lowest BCUT2D eigenvalue weighted by atomic mass is 10.0. The van der Waals surface area contributed by atoms with Crippen LogP contribution in [0.1, 0.15) is 362 Å². The minimum atomic E-state index is -4.95. The van der Waals surface area contributed by atoms with Gasteiger partial charge >= 0.3 is 39.5 Å². The molecule has 528 valence electrons. The molecule has 0 radical (unpaired) electrons. The van der Waals surface area contributed by atoms with Gasteiger partial charge in [0.2, 0.25) is 0 Å². The van der Waals surface area contributed by atoms with Gasteiger partial charge in [-0.2, -0.15) is 0 Å². The zero-order chi connectivity index (χ0) is 65.6.